The molecular weight excluding hydrogens is 332 g/mol. The molecule has 0 spiro atoms. The molecule has 0 aliphatic heterocycles. The van der Waals surface area contributed by atoms with Crippen molar-refractivity contribution in [3.05, 3.63) is 0 Å². The Bertz CT molecular complexity index is 563. The normalized spacial score (nSPS) is 50.4. The maximum atomic E-state index is 11.0. The molecule has 9 atom stereocenters. The van der Waals surface area contributed by atoms with E-state index in [9.17, 15) is 4.79 Å². The SMILES string of the molecule is CC(NC=O)C1CCC2C3CCC4CC(N(C)C)CCC4(C)C3CCC12C. The van der Waals surface area contributed by atoms with Gasteiger partial charge in [0.2, 0.25) is 6.41 Å². The fourth-order valence-corrected chi connectivity index (χ4v) is 8.79. The van der Waals surface area contributed by atoms with Crippen LogP contribution in [0.15, 0.2) is 0 Å². The molecule has 0 radical (unpaired) electrons. The number of nitrogens with one attached hydrogen (secondary N) is 1. The summed E-state index contributed by atoms with van der Waals surface area (Å²) in [6, 6.07) is 1.14. The Hall–Kier alpha value is -0.570. The maximum absolute atomic E-state index is 11.0. The molecule has 1 amide bonds. The van der Waals surface area contributed by atoms with Crippen molar-refractivity contribution in [3.63, 3.8) is 0 Å². The van der Waals surface area contributed by atoms with Gasteiger partial charge in [-0.15, -0.1) is 0 Å². The van der Waals surface area contributed by atoms with Gasteiger partial charge in [0.25, 0.3) is 0 Å². The average Bonchev–Trinajstić information content (AvgIpc) is 2.98. The largest absolute Gasteiger partial charge is 0.356 e. The number of carbonyl (C=O) groups excluding carboxylic acids is 1. The minimum absolute atomic E-state index is 0.330. The second-order valence-corrected chi connectivity index (χ2v) is 11.4. The van der Waals surface area contributed by atoms with E-state index in [-0.39, 0.29) is 0 Å². The lowest BCUT2D eigenvalue weighted by Gasteiger charge is -2.61. The molecule has 9 unspecified atom stereocenters. The van der Waals surface area contributed by atoms with Crippen molar-refractivity contribution in [2.45, 2.75) is 90.6 Å². The molecule has 0 saturated heterocycles. The first-order valence-corrected chi connectivity index (χ1v) is 11.7. The first-order valence-electron chi connectivity index (χ1n) is 11.7. The van der Waals surface area contributed by atoms with Gasteiger partial charge in [-0.25, -0.2) is 0 Å². The molecule has 4 aliphatic carbocycles. The van der Waals surface area contributed by atoms with Crippen LogP contribution in [0.3, 0.4) is 0 Å². The Morgan fingerprint density at radius 3 is 2.37 bits per heavy atom. The quantitative estimate of drug-likeness (QED) is 0.723. The van der Waals surface area contributed by atoms with Crippen LogP contribution >= 0.6 is 0 Å². The van der Waals surface area contributed by atoms with E-state index in [1.807, 2.05) is 0 Å². The Morgan fingerprint density at radius 1 is 0.963 bits per heavy atom. The number of rotatable bonds is 4. The smallest absolute Gasteiger partial charge is 0.207 e. The zero-order valence-corrected chi connectivity index (χ0v) is 18.3. The van der Waals surface area contributed by atoms with Gasteiger partial charge in [-0.2, -0.15) is 0 Å². The van der Waals surface area contributed by atoms with Gasteiger partial charge < -0.3 is 10.2 Å². The molecule has 4 fully saturated rings. The predicted molar refractivity (Wildman–Crippen MR) is 111 cm³/mol. The molecule has 0 aromatic heterocycles. The molecule has 4 rings (SSSR count). The molecule has 3 heteroatoms. The zero-order chi connectivity index (χ0) is 19.4. The van der Waals surface area contributed by atoms with Crippen molar-refractivity contribution < 1.29 is 4.79 Å². The van der Waals surface area contributed by atoms with Crippen LogP contribution < -0.4 is 5.32 Å². The van der Waals surface area contributed by atoms with Gasteiger partial charge in [-0.3, -0.25) is 4.79 Å². The van der Waals surface area contributed by atoms with Crippen molar-refractivity contribution in [1.29, 1.82) is 0 Å². The second kappa shape index (κ2) is 7.04. The third kappa shape index (κ3) is 2.98. The van der Waals surface area contributed by atoms with Crippen LogP contribution in [0.25, 0.3) is 0 Å². The zero-order valence-electron chi connectivity index (χ0n) is 18.3. The molecule has 0 aromatic carbocycles. The maximum Gasteiger partial charge on any atom is 0.207 e. The lowest BCUT2D eigenvalue weighted by Crippen LogP contribution is -2.55. The number of hydrogen-bond donors (Lipinski definition) is 1. The highest BCUT2D eigenvalue weighted by atomic mass is 16.1. The average molecular weight is 375 g/mol. The Balaban J connectivity index is 1.53. The summed E-state index contributed by atoms with van der Waals surface area (Å²) >= 11 is 0. The van der Waals surface area contributed by atoms with Gasteiger partial charge in [-0.1, -0.05) is 13.8 Å². The summed E-state index contributed by atoms with van der Waals surface area (Å²) in [7, 11) is 4.55. The summed E-state index contributed by atoms with van der Waals surface area (Å²) in [5, 5.41) is 3.10. The van der Waals surface area contributed by atoms with Crippen LogP contribution in [0.2, 0.25) is 0 Å². The molecule has 0 aromatic rings. The van der Waals surface area contributed by atoms with E-state index < -0.39 is 0 Å². The van der Waals surface area contributed by atoms with Crippen molar-refractivity contribution in [3.8, 4) is 0 Å². The van der Waals surface area contributed by atoms with E-state index in [1.165, 1.54) is 57.8 Å². The Labute approximate surface area is 167 Å². The first-order chi connectivity index (χ1) is 12.8. The summed E-state index contributed by atoms with van der Waals surface area (Å²) in [6.45, 7) is 7.48. The minimum Gasteiger partial charge on any atom is -0.356 e. The van der Waals surface area contributed by atoms with E-state index in [1.54, 1.807) is 0 Å². The second-order valence-electron chi connectivity index (χ2n) is 11.4. The monoisotopic (exact) mass is 374 g/mol. The van der Waals surface area contributed by atoms with Crippen molar-refractivity contribution in [1.82, 2.24) is 10.2 Å². The van der Waals surface area contributed by atoms with Crippen LogP contribution in [-0.2, 0) is 4.79 Å². The highest BCUT2D eigenvalue weighted by Crippen LogP contribution is 2.67. The number of carbonyl (C=O) groups is 1. The standard InChI is InChI=1S/C24H42N2O/c1-16(25-15-27)20-8-9-21-19-7-6-17-14-18(26(4)5)10-12-23(17,2)22(19)11-13-24(20,21)3/h15-22H,6-14H2,1-5H3,(H,25,27). The minimum atomic E-state index is 0.330. The molecule has 154 valence electrons. The van der Waals surface area contributed by atoms with Gasteiger partial charge in [0.1, 0.15) is 0 Å². The fourth-order valence-electron chi connectivity index (χ4n) is 8.79. The third-order valence-corrected chi connectivity index (χ3v) is 10.4. The van der Waals surface area contributed by atoms with Gasteiger partial charge >= 0.3 is 0 Å². The van der Waals surface area contributed by atoms with E-state index in [0.717, 1.165) is 36.1 Å². The number of hydrogen-bond acceptors (Lipinski definition) is 2. The highest BCUT2D eigenvalue weighted by molar-refractivity contribution is 5.46. The summed E-state index contributed by atoms with van der Waals surface area (Å²) in [5.41, 5.74) is 1.03. The summed E-state index contributed by atoms with van der Waals surface area (Å²) in [6.07, 6.45) is 13.6. The van der Waals surface area contributed by atoms with Crippen LogP contribution in [0.5, 0.6) is 0 Å². The molecule has 4 aliphatic rings. The van der Waals surface area contributed by atoms with Crippen molar-refractivity contribution >= 4 is 6.41 Å². The van der Waals surface area contributed by atoms with Gasteiger partial charge in [0.15, 0.2) is 0 Å². The molecule has 3 nitrogen and oxygen atoms in total. The summed E-state index contributed by atoms with van der Waals surface area (Å²) < 4.78 is 0. The summed E-state index contributed by atoms with van der Waals surface area (Å²) in [4.78, 5) is 13.5. The molecular formula is C24H42N2O. The molecule has 27 heavy (non-hydrogen) atoms. The van der Waals surface area contributed by atoms with Crippen molar-refractivity contribution in [2.75, 3.05) is 14.1 Å². The third-order valence-electron chi connectivity index (χ3n) is 10.4. The molecule has 0 bridgehead atoms. The molecule has 4 saturated carbocycles. The Kier molecular flexibility index (Phi) is 5.15. The topological polar surface area (TPSA) is 32.3 Å². The van der Waals surface area contributed by atoms with Gasteiger partial charge in [0, 0.05) is 12.1 Å². The van der Waals surface area contributed by atoms with E-state index in [0.29, 0.717) is 22.8 Å². The van der Waals surface area contributed by atoms with Crippen LogP contribution in [-0.4, -0.2) is 37.5 Å². The van der Waals surface area contributed by atoms with Gasteiger partial charge in [0.05, 0.1) is 0 Å². The summed E-state index contributed by atoms with van der Waals surface area (Å²) in [5.74, 6) is 4.39. The van der Waals surface area contributed by atoms with E-state index >= 15 is 0 Å². The number of nitrogens with zero attached hydrogens (tertiary/aromatic N) is 1. The lowest BCUT2D eigenvalue weighted by atomic mass is 9.44. The fraction of sp³-hybridized carbons (Fsp3) is 0.958. The highest BCUT2D eigenvalue weighted by Gasteiger charge is 2.60. The number of fused-ring (bicyclic) bond motifs is 5. The van der Waals surface area contributed by atoms with Crippen LogP contribution in [0, 0.1) is 40.4 Å². The Morgan fingerprint density at radius 2 is 1.67 bits per heavy atom. The van der Waals surface area contributed by atoms with Crippen molar-refractivity contribution in [2.24, 2.45) is 40.4 Å². The first kappa shape index (κ1) is 19.7. The molecule has 1 N–H and O–H groups in total. The van der Waals surface area contributed by atoms with Gasteiger partial charge in [-0.05, 0) is 119 Å². The van der Waals surface area contributed by atoms with E-state index in [2.05, 4.69) is 45.1 Å². The molecule has 0 heterocycles. The predicted octanol–water partition coefficient (Wildman–Crippen LogP) is 4.71. The lowest BCUT2D eigenvalue weighted by molar-refractivity contribution is -0.122. The number of amides is 1. The van der Waals surface area contributed by atoms with Crippen LogP contribution in [0.1, 0.15) is 78.6 Å². The van der Waals surface area contributed by atoms with Crippen LogP contribution in [0.4, 0.5) is 0 Å². The van der Waals surface area contributed by atoms with E-state index in [4.69, 9.17) is 0 Å².